The molecule has 0 amide bonds. The van der Waals surface area contributed by atoms with Crippen LogP contribution in [-0.4, -0.2) is 32.3 Å². The average molecular weight is 398 g/mol. The Balaban J connectivity index is 0. The van der Waals surface area contributed by atoms with Crippen LogP contribution in [0.5, 0.6) is 0 Å². The molecule has 0 aliphatic heterocycles. The zero-order valence-electron chi connectivity index (χ0n) is 12.1. The van der Waals surface area contributed by atoms with Gasteiger partial charge in [0.1, 0.15) is 11.4 Å². The van der Waals surface area contributed by atoms with Gasteiger partial charge in [-0.1, -0.05) is 46.4 Å². The number of carbonyl (C=O) groups is 2. The minimum absolute atomic E-state index is 0. The fourth-order valence-corrected chi connectivity index (χ4v) is 1.81. The van der Waals surface area contributed by atoms with E-state index in [1.54, 1.807) is 0 Å². The summed E-state index contributed by atoms with van der Waals surface area (Å²) in [5, 5.41) is 33.3. The Labute approximate surface area is 179 Å². The van der Waals surface area contributed by atoms with E-state index in [2.05, 4.69) is 20.4 Å². The largest absolute Gasteiger partial charge is 1.00 e. The predicted molar refractivity (Wildman–Crippen MR) is 72.8 cm³/mol. The van der Waals surface area contributed by atoms with E-state index in [4.69, 9.17) is 46.4 Å². The smallest absolute Gasteiger partial charge is 0.543 e. The molecule has 0 aliphatic carbocycles. The monoisotopic (exact) mass is 396 g/mol. The van der Waals surface area contributed by atoms with Crippen LogP contribution in [0, 0.1) is 0 Å². The van der Waals surface area contributed by atoms with Crippen LogP contribution >= 0.6 is 46.4 Å². The molecule has 0 N–H and O–H groups in total. The molecule has 0 saturated heterocycles. The number of carbonyl (C=O) groups excluding carboxylic acids is 2. The minimum Gasteiger partial charge on any atom is -0.543 e. The second-order valence-corrected chi connectivity index (χ2v) is 4.89. The summed E-state index contributed by atoms with van der Waals surface area (Å²) in [4.78, 5) is 20.4. The minimum atomic E-state index is -1.47. The second kappa shape index (κ2) is 11.9. The summed E-state index contributed by atoms with van der Waals surface area (Å²) >= 11 is 21.5. The molecule has 116 valence electrons. The summed E-state index contributed by atoms with van der Waals surface area (Å²) in [7, 11) is 0. The van der Waals surface area contributed by atoms with E-state index in [-0.39, 0.29) is 58.1 Å². The maximum absolute atomic E-state index is 10.2. The molecule has 0 spiro atoms. The van der Waals surface area contributed by atoms with Crippen LogP contribution in [0.25, 0.3) is 0 Å². The van der Waals surface area contributed by atoms with Gasteiger partial charge < -0.3 is 19.8 Å². The number of nitrogens with zero attached hydrogens (tertiary/aromatic N) is 4. The van der Waals surface area contributed by atoms with E-state index in [1.807, 2.05) is 0 Å². The molecule has 14 heteroatoms. The summed E-state index contributed by atoms with van der Waals surface area (Å²) in [6.45, 7) is 0. The molecular weight excluding hydrogens is 396 g/mol. The molecule has 24 heavy (non-hydrogen) atoms. The van der Waals surface area contributed by atoms with Gasteiger partial charge in [-0.25, -0.2) is 0 Å². The number of halogens is 4. The number of rotatable bonds is 2. The fourth-order valence-electron chi connectivity index (χ4n) is 0.971. The summed E-state index contributed by atoms with van der Waals surface area (Å²) in [5.74, 6) is -2.95. The molecule has 0 aromatic carbocycles. The Morgan fingerprint density at radius 1 is 0.708 bits per heavy atom. The van der Waals surface area contributed by atoms with E-state index in [0.29, 0.717) is 0 Å². The van der Waals surface area contributed by atoms with Gasteiger partial charge in [0, 0.05) is 0 Å². The van der Waals surface area contributed by atoms with Crippen molar-refractivity contribution in [1.82, 2.24) is 20.4 Å². The topological polar surface area (TPSA) is 132 Å². The molecule has 0 saturated carbocycles. The van der Waals surface area contributed by atoms with Crippen LogP contribution in [0.3, 0.4) is 0 Å². The number of carboxylic acids is 2. The normalized spacial score (nSPS) is 8.83. The van der Waals surface area contributed by atoms with Gasteiger partial charge in [0.2, 0.25) is 0 Å². The van der Waals surface area contributed by atoms with Crippen molar-refractivity contribution in [2.24, 2.45) is 0 Å². The van der Waals surface area contributed by atoms with Crippen LogP contribution in [0.2, 0.25) is 20.4 Å². The van der Waals surface area contributed by atoms with Gasteiger partial charge in [-0.2, -0.15) is 0 Å². The summed E-state index contributed by atoms with van der Waals surface area (Å²) in [6.07, 6.45) is 0. The zero-order chi connectivity index (χ0) is 16.9. The third-order valence-electron chi connectivity index (χ3n) is 1.82. The van der Waals surface area contributed by atoms with Crippen molar-refractivity contribution in [3.8, 4) is 0 Å². The first-order valence-electron chi connectivity index (χ1n) is 5.02. The zero-order valence-corrected chi connectivity index (χ0v) is 15.1. The summed E-state index contributed by atoms with van der Waals surface area (Å²) in [6, 6.07) is 2.36. The second-order valence-electron chi connectivity index (χ2n) is 3.30. The number of carboxylic acid groups (broad SMARTS) is 2. The maximum atomic E-state index is 10.2. The SMILES string of the molecule is O=C([O-])c1nnc(Cl)cc1Cl.O=C([O-])c1nnc(Cl)cc1Cl.[Li+].[Li+]. The molecule has 2 aromatic heterocycles. The Bertz CT molecular complexity index is 676. The number of hydrogen-bond acceptors (Lipinski definition) is 8. The van der Waals surface area contributed by atoms with Crippen molar-refractivity contribution in [2.45, 2.75) is 0 Å². The summed E-state index contributed by atoms with van der Waals surface area (Å²) < 4.78 is 0. The van der Waals surface area contributed by atoms with Gasteiger partial charge in [0.15, 0.2) is 10.3 Å². The third kappa shape index (κ3) is 8.02. The van der Waals surface area contributed by atoms with Crippen LogP contribution in [-0.2, 0) is 0 Å². The Kier molecular flexibility index (Phi) is 12.8. The van der Waals surface area contributed by atoms with Gasteiger partial charge in [0.05, 0.1) is 22.0 Å². The first kappa shape index (κ1) is 25.7. The van der Waals surface area contributed by atoms with Crippen molar-refractivity contribution in [3.05, 3.63) is 43.9 Å². The third-order valence-corrected chi connectivity index (χ3v) is 2.77. The molecule has 0 unspecified atom stereocenters. The first-order chi connectivity index (χ1) is 10.2. The van der Waals surface area contributed by atoms with Crippen LogP contribution in [0.4, 0.5) is 0 Å². The van der Waals surface area contributed by atoms with Gasteiger partial charge in [-0.15, -0.1) is 20.4 Å². The van der Waals surface area contributed by atoms with Gasteiger partial charge in [0.25, 0.3) is 0 Å². The number of aromatic carboxylic acids is 2. The number of hydrogen-bond donors (Lipinski definition) is 0. The predicted octanol–water partition coefficient (Wildman–Crippen LogP) is -5.70. The molecule has 0 aliphatic rings. The van der Waals surface area contributed by atoms with Gasteiger partial charge in [-0.3, -0.25) is 0 Å². The number of aromatic nitrogens is 4. The van der Waals surface area contributed by atoms with E-state index < -0.39 is 23.3 Å². The molecule has 2 heterocycles. The molecule has 0 radical (unpaired) electrons. The first-order valence-corrected chi connectivity index (χ1v) is 6.53. The van der Waals surface area contributed by atoms with Crippen LogP contribution in [0.15, 0.2) is 12.1 Å². The standard InChI is InChI=1S/2C5H2Cl2N2O2.2Li/c2*6-2-1-3(7)8-9-4(2)5(10)11;;/h2*1H,(H,10,11);;/q;;2*+1/p-2. The van der Waals surface area contributed by atoms with E-state index in [0.717, 1.165) is 0 Å². The van der Waals surface area contributed by atoms with E-state index in [1.165, 1.54) is 12.1 Å². The van der Waals surface area contributed by atoms with Crippen LogP contribution in [0.1, 0.15) is 21.0 Å². The molecule has 8 nitrogen and oxygen atoms in total. The van der Waals surface area contributed by atoms with Gasteiger partial charge >= 0.3 is 37.7 Å². The van der Waals surface area contributed by atoms with E-state index in [9.17, 15) is 19.8 Å². The van der Waals surface area contributed by atoms with Crippen molar-refractivity contribution in [1.29, 1.82) is 0 Å². The van der Waals surface area contributed by atoms with E-state index >= 15 is 0 Å². The Morgan fingerprint density at radius 3 is 1.21 bits per heavy atom. The van der Waals surface area contributed by atoms with Crippen molar-refractivity contribution < 1.29 is 57.5 Å². The molecule has 0 atom stereocenters. The van der Waals surface area contributed by atoms with Crippen LogP contribution < -0.4 is 47.9 Å². The quantitative estimate of drug-likeness (QED) is 0.458. The molecule has 2 aromatic rings. The molecule has 0 bridgehead atoms. The molecule has 2 rings (SSSR count). The maximum Gasteiger partial charge on any atom is 1.00 e. The van der Waals surface area contributed by atoms with Crippen molar-refractivity contribution in [3.63, 3.8) is 0 Å². The molecule has 0 fully saturated rings. The Hall–Kier alpha value is -0.545. The summed E-state index contributed by atoms with van der Waals surface area (Å²) in [5.41, 5.74) is -0.813. The molecular formula is C10H2Cl4Li2N4O4. The Morgan fingerprint density at radius 2 is 1.00 bits per heavy atom. The fraction of sp³-hybridized carbons (Fsp3) is 0. The van der Waals surface area contributed by atoms with Crippen molar-refractivity contribution in [2.75, 3.05) is 0 Å². The van der Waals surface area contributed by atoms with Crippen molar-refractivity contribution >= 4 is 58.3 Å². The van der Waals surface area contributed by atoms with Gasteiger partial charge in [-0.05, 0) is 12.1 Å². The average Bonchev–Trinajstić information content (AvgIpc) is 2.38.